The van der Waals surface area contributed by atoms with E-state index in [1.807, 2.05) is 86.0 Å². The normalized spacial score (nSPS) is 19.1. The van der Waals surface area contributed by atoms with Crippen molar-refractivity contribution >= 4 is 29.1 Å². The molecule has 1 aliphatic rings. The molecule has 1 aliphatic heterocycles. The lowest BCUT2D eigenvalue weighted by molar-refractivity contribution is -0.143. The maximum absolute atomic E-state index is 13.9. The van der Waals surface area contributed by atoms with Crippen molar-refractivity contribution in [3.05, 3.63) is 93.7 Å². The van der Waals surface area contributed by atoms with Gasteiger partial charge in [0.25, 0.3) is 0 Å². The third-order valence-electron chi connectivity index (χ3n) is 6.64. The summed E-state index contributed by atoms with van der Waals surface area (Å²) in [5, 5.41) is 1.99. The van der Waals surface area contributed by atoms with Crippen molar-refractivity contribution in [3.8, 4) is 0 Å². The van der Waals surface area contributed by atoms with Crippen LogP contribution in [0.2, 0.25) is 0 Å². The Morgan fingerprint density at radius 3 is 2.42 bits per heavy atom. The van der Waals surface area contributed by atoms with Crippen molar-refractivity contribution < 1.29 is 14.4 Å². The summed E-state index contributed by atoms with van der Waals surface area (Å²) in [6, 6.07) is 20.9. The quantitative estimate of drug-likeness (QED) is 0.473. The minimum atomic E-state index is -1.20. The topological polar surface area (TPSA) is 57.7 Å². The van der Waals surface area contributed by atoms with Crippen LogP contribution in [0.4, 0.5) is 0 Å². The van der Waals surface area contributed by atoms with Crippen molar-refractivity contribution in [2.45, 2.75) is 44.7 Å². The average molecular weight is 461 g/mol. The predicted octanol–water partition coefficient (Wildman–Crippen LogP) is 4.86. The summed E-state index contributed by atoms with van der Waals surface area (Å²) in [5.74, 6) is -0.688. The first kappa shape index (κ1) is 22.9. The van der Waals surface area contributed by atoms with Gasteiger partial charge in [-0.1, -0.05) is 60.7 Å². The number of hydrogen-bond donors (Lipinski definition) is 0. The number of carbonyl (C=O) groups is 3. The summed E-state index contributed by atoms with van der Waals surface area (Å²) in [6.45, 7) is 4.12. The van der Waals surface area contributed by atoms with E-state index in [4.69, 9.17) is 0 Å². The van der Waals surface area contributed by atoms with E-state index in [1.54, 1.807) is 23.3 Å². The maximum Gasteiger partial charge on any atom is 0.241 e. The molecule has 0 bridgehead atoms. The van der Waals surface area contributed by atoms with Crippen LogP contribution in [0.5, 0.6) is 0 Å². The van der Waals surface area contributed by atoms with Crippen LogP contribution in [0.1, 0.15) is 47.4 Å². The number of benzene rings is 2. The first-order valence-corrected chi connectivity index (χ1v) is 12.0. The lowest BCUT2D eigenvalue weighted by atomic mass is 9.74. The number of aryl methyl sites for hydroxylation is 1. The molecule has 4 rings (SSSR count). The molecule has 0 saturated carbocycles. The van der Waals surface area contributed by atoms with Crippen LogP contribution in [-0.2, 0) is 26.3 Å². The van der Waals surface area contributed by atoms with Crippen LogP contribution >= 0.6 is 11.3 Å². The van der Waals surface area contributed by atoms with Crippen LogP contribution in [0.25, 0.3) is 0 Å². The summed E-state index contributed by atoms with van der Waals surface area (Å²) in [5.41, 5.74) is 1.35. The Morgan fingerprint density at radius 2 is 1.76 bits per heavy atom. The van der Waals surface area contributed by atoms with E-state index in [9.17, 15) is 14.4 Å². The first-order valence-electron chi connectivity index (χ1n) is 11.1. The summed E-state index contributed by atoms with van der Waals surface area (Å²) in [4.78, 5) is 44.6. The van der Waals surface area contributed by atoms with E-state index in [0.29, 0.717) is 0 Å². The molecule has 0 aliphatic carbocycles. The molecule has 2 aromatic carbocycles. The second-order valence-electron chi connectivity index (χ2n) is 8.72. The molecule has 1 saturated heterocycles. The van der Waals surface area contributed by atoms with E-state index < -0.39 is 5.41 Å². The number of rotatable bonds is 7. The molecule has 0 spiro atoms. The van der Waals surface area contributed by atoms with Crippen molar-refractivity contribution in [3.63, 3.8) is 0 Å². The fourth-order valence-corrected chi connectivity index (χ4v) is 5.43. The number of nitrogens with zero attached hydrogens (tertiary/aromatic N) is 2. The van der Waals surface area contributed by atoms with Crippen molar-refractivity contribution in [1.82, 2.24) is 9.80 Å². The van der Waals surface area contributed by atoms with E-state index in [0.717, 1.165) is 21.6 Å². The van der Waals surface area contributed by atoms with Crippen LogP contribution < -0.4 is 0 Å². The highest BCUT2D eigenvalue weighted by atomic mass is 32.1. The third kappa shape index (κ3) is 4.35. The van der Waals surface area contributed by atoms with Gasteiger partial charge in [-0.2, -0.15) is 0 Å². The van der Waals surface area contributed by atoms with Crippen molar-refractivity contribution in [1.29, 1.82) is 0 Å². The fraction of sp³-hybridized carbons (Fsp3) is 0.296. The molecule has 0 N–H and O–H groups in total. The number of hydrogen-bond acceptors (Lipinski definition) is 4. The van der Waals surface area contributed by atoms with E-state index >= 15 is 0 Å². The van der Waals surface area contributed by atoms with E-state index in [1.165, 1.54) is 4.90 Å². The number of carbonyl (C=O) groups excluding carboxylic acids is 3. The highest BCUT2D eigenvalue weighted by Crippen LogP contribution is 2.42. The summed E-state index contributed by atoms with van der Waals surface area (Å²) in [7, 11) is 1.77. The van der Waals surface area contributed by atoms with E-state index in [-0.39, 0.29) is 43.1 Å². The van der Waals surface area contributed by atoms with Gasteiger partial charge < -0.3 is 4.90 Å². The molecule has 6 heteroatoms. The van der Waals surface area contributed by atoms with Crippen LogP contribution in [0.15, 0.2) is 72.1 Å². The summed E-state index contributed by atoms with van der Waals surface area (Å²) in [6.07, 6.45) is -0.0452. The predicted molar refractivity (Wildman–Crippen MR) is 130 cm³/mol. The zero-order valence-electron chi connectivity index (χ0n) is 19.2. The Labute approximate surface area is 198 Å². The molecule has 1 aromatic heterocycles. The molecule has 3 aromatic rings. The third-order valence-corrected chi connectivity index (χ3v) is 7.68. The Bertz CT molecular complexity index is 1160. The van der Waals surface area contributed by atoms with Gasteiger partial charge in [-0.3, -0.25) is 19.3 Å². The Balaban J connectivity index is 1.68. The van der Waals surface area contributed by atoms with Gasteiger partial charge in [0, 0.05) is 24.8 Å². The first-order chi connectivity index (χ1) is 15.8. The van der Waals surface area contributed by atoms with Crippen LogP contribution in [0.3, 0.4) is 0 Å². The minimum Gasteiger partial charge on any atom is -0.338 e. The number of likely N-dealkylation sites (tertiary alicyclic amines) is 1. The second kappa shape index (κ2) is 9.32. The highest BCUT2D eigenvalue weighted by molar-refractivity contribution is 7.10. The van der Waals surface area contributed by atoms with Gasteiger partial charge in [0.05, 0.1) is 18.0 Å². The molecular weight excluding hydrogens is 432 g/mol. The van der Waals surface area contributed by atoms with Crippen molar-refractivity contribution in [2.75, 3.05) is 7.05 Å². The van der Waals surface area contributed by atoms with Gasteiger partial charge in [0.15, 0.2) is 0 Å². The van der Waals surface area contributed by atoms with Crippen molar-refractivity contribution in [2.24, 2.45) is 0 Å². The standard InChI is InChI=1S/C27H28N2O3S/c1-19-10-7-8-13-22(19)27(16-24(30)28(3)20(2)23-14-9-15-33-23)17-25(31)29(26(27)32)18-21-11-5-4-6-12-21/h4-15,20H,16-18H2,1-3H3/t20-,27-/m0/s1. The lowest BCUT2D eigenvalue weighted by Gasteiger charge is -2.32. The second-order valence-corrected chi connectivity index (χ2v) is 9.70. The smallest absolute Gasteiger partial charge is 0.241 e. The molecule has 2 heterocycles. The Kier molecular flexibility index (Phi) is 6.47. The molecule has 5 nitrogen and oxygen atoms in total. The number of imide groups is 1. The Hall–Kier alpha value is -3.25. The summed E-state index contributed by atoms with van der Waals surface area (Å²) >= 11 is 1.60. The molecule has 1 fully saturated rings. The molecule has 0 radical (unpaired) electrons. The fourth-order valence-electron chi connectivity index (χ4n) is 4.60. The largest absolute Gasteiger partial charge is 0.338 e. The molecular formula is C27H28N2O3S. The van der Waals surface area contributed by atoms with Gasteiger partial charge in [0.1, 0.15) is 0 Å². The molecule has 33 heavy (non-hydrogen) atoms. The maximum atomic E-state index is 13.9. The van der Waals surface area contributed by atoms with Gasteiger partial charge in [-0.05, 0) is 42.0 Å². The number of thiophene rings is 1. The number of amides is 3. The zero-order valence-corrected chi connectivity index (χ0v) is 20.0. The van der Waals surface area contributed by atoms with Crippen LogP contribution in [-0.4, -0.2) is 34.6 Å². The monoisotopic (exact) mass is 460 g/mol. The summed E-state index contributed by atoms with van der Waals surface area (Å²) < 4.78 is 0. The Morgan fingerprint density at radius 1 is 1.06 bits per heavy atom. The van der Waals surface area contributed by atoms with E-state index in [2.05, 4.69) is 0 Å². The van der Waals surface area contributed by atoms with Gasteiger partial charge in [0.2, 0.25) is 17.7 Å². The molecule has 170 valence electrons. The SMILES string of the molecule is Cc1ccccc1[C@]1(CC(=O)N(C)[C@@H](C)c2cccs2)CC(=O)N(Cc2ccccc2)C1=O. The molecule has 3 amide bonds. The van der Waals surface area contributed by atoms with Crippen LogP contribution in [0, 0.1) is 6.92 Å². The van der Waals surface area contributed by atoms with Gasteiger partial charge in [-0.25, -0.2) is 0 Å². The molecule has 2 atom stereocenters. The van der Waals surface area contributed by atoms with Gasteiger partial charge >= 0.3 is 0 Å². The highest BCUT2D eigenvalue weighted by Gasteiger charge is 2.54. The van der Waals surface area contributed by atoms with Gasteiger partial charge in [-0.15, -0.1) is 11.3 Å². The lowest BCUT2D eigenvalue weighted by Crippen LogP contribution is -2.43. The average Bonchev–Trinajstić information content (AvgIpc) is 3.43. The minimum absolute atomic E-state index is 0.00349. The molecule has 0 unspecified atom stereocenters. The zero-order chi connectivity index (χ0) is 23.6.